The molecule has 2 rings (SSSR count). The summed E-state index contributed by atoms with van der Waals surface area (Å²) in [6.07, 6.45) is 8.73. The first-order valence-corrected chi connectivity index (χ1v) is 8.72. The molecule has 0 bridgehead atoms. The first-order valence-electron chi connectivity index (χ1n) is 7.43. The first kappa shape index (κ1) is 15.5. The second-order valence-electron chi connectivity index (χ2n) is 5.68. The zero-order valence-corrected chi connectivity index (χ0v) is 12.8. The van der Waals surface area contributed by atoms with Crippen molar-refractivity contribution in [2.24, 2.45) is 0 Å². The van der Waals surface area contributed by atoms with E-state index in [9.17, 15) is 9.59 Å². The molecule has 2 fully saturated rings. The Balaban J connectivity index is 1.88. The van der Waals surface area contributed by atoms with Crippen molar-refractivity contribution in [1.82, 2.24) is 10.2 Å². The van der Waals surface area contributed by atoms with E-state index in [2.05, 4.69) is 11.6 Å². The highest BCUT2D eigenvalue weighted by Gasteiger charge is 2.34. The van der Waals surface area contributed by atoms with Crippen LogP contribution in [0.2, 0.25) is 0 Å². The summed E-state index contributed by atoms with van der Waals surface area (Å²) >= 11 is 1.82. The lowest BCUT2D eigenvalue weighted by Gasteiger charge is -2.33. The van der Waals surface area contributed by atoms with Crippen LogP contribution in [-0.2, 0) is 4.79 Å². The van der Waals surface area contributed by atoms with Crippen LogP contribution >= 0.6 is 11.8 Å². The molecular formula is C14H24N2O3S. The Kier molecular flexibility index (Phi) is 5.57. The van der Waals surface area contributed by atoms with E-state index in [0.29, 0.717) is 11.8 Å². The molecule has 2 unspecified atom stereocenters. The van der Waals surface area contributed by atoms with Gasteiger partial charge in [0.15, 0.2) is 0 Å². The second kappa shape index (κ2) is 7.20. The molecule has 2 aliphatic rings. The number of hydrogen-bond acceptors (Lipinski definition) is 3. The van der Waals surface area contributed by atoms with Crippen LogP contribution < -0.4 is 5.32 Å². The highest BCUT2D eigenvalue weighted by atomic mass is 32.2. The Bertz CT molecular complexity index is 360. The summed E-state index contributed by atoms with van der Waals surface area (Å²) in [4.78, 5) is 24.8. The molecule has 0 heterocycles. The summed E-state index contributed by atoms with van der Waals surface area (Å²) in [5, 5.41) is 12.4. The lowest BCUT2D eigenvalue weighted by molar-refractivity contribution is -0.137. The monoisotopic (exact) mass is 300 g/mol. The van der Waals surface area contributed by atoms with Gasteiger partial charge in [-0.1, -0.05) is 12.8 Å². The van der Waals surface area contributed by atoms with E-state index in [4.69, 9.17) is 5.11 Å². The van der Waals surface area contributed by atoms with Gasteiger partial charge < -0.3 is 15.3 Å². The molecule has 0 aliphatic heterocycles. The lowest BCUT2D eigenvalue weighted by atomic mass is 9.95. The van der Waals surface area contributed by atoms with Crippen LogP contribution in [0.3, 0.4) is 0 Å². The minimum atomic E-state index is -0.844. The Morgan fingerprint density at radius 3 is 2.55 bits per heavy atom. The number of rotatable bonds is 6. The van der Waals surface area contributed by atoms with E-state index >= 15 is 0 Å². The molecule has 2 N–H and O–H groups in total. The number of nitrogens with one attached hydrogen (secondary N) is 1. The summed E-state index contributed by atoms with van der Waals surface area (Å²) in [5.74, 6) is -0.844. The third kappa shape index (κ3) is 4.30. The molecule has 5 nitrogen and oxygen atoms in total. The van der Waals surface area contributed by atoms with Gasteiger partial charge in [0.1, 0.15) is 0 Å². The van der Waals surface area contributed by atoms with Crippen molar-refractivity contribution in [2.45, 2.75) is 62.3 Å². The van der Waals surface area contributed by atoms with Gasteiger partial charge in [-0.2, -0.15) is 11.8 Å². The zero-order valence-electron chi connectivity index (χ0n) is 12.0. The highest BCUT2D eigenvalue weighted by molar-refractivity contribution is 7.99. The lowest BCUT2D eigenvalue weighted by Crippen LogP contribution is -2.50. The normalized spacial score (nSPS) is 26.1. The van der Waals surface area contributed by atoms with Gasteiger partial charge in [-0.15, -0.1) is 0 Å². The van der Waals surface area contributed by atoms with Crippen LogP contribution in [0.15, 0.2) is 0 Å². The van der Waals surface area contributed by atoms with E-state index in [1.165, 1.54) is 12.8 Å². The number of carboxylic acids is 1. The molecule has 114 valence electrons. The number of carbonyl (C=O) groups excluding carboxylic acids is 1. The predicted molar refractivity (Wildman–Crippen MR) is 80.1 cm³/mol. The van der Waals surface area contributed by atoms with E-state index in [0.717, 1.165) is 25.7 Å². The molecule has 0 saturated heterocycles. The van der Waals surface area contributed by atoms with Gasteiger partial charge >= 0.3 is 12.0 Å². The molecule has 2 amide bonds. The average Bonchev–Trinajstić information content (AvgIpc) is 3.24. The quantitative estimate of drug-likeness (QED) is 0.790. The number of nitrogens with zero attached hydrogens (tertiary/aromatic N) is 1. The fraction of sp³-hybridized carbons (Fsp3) is 0.857. The average molecular weight is 300 g/mol. The van der Waals surface area contributed by atoms with Crippen LogP contribution in [0.4, 0.5) is 4.79 Å². The van der Waals surface area contributed by atoms with Gasteiger partial charge in [0.25, 0.3) is 0 Å². The molecule has 0 radical (unpaired) electrons. The molecule has 2 aliphatic carbocycles. The van der Waals surface area contributed by atoms with E-state index in [1.807, 2.05) is 11.8 Å². The summed E-state index contributed by atoms with van der Waals surface area (Å²) in [5.41, 5.74) is 0. The van der Waals surface area contributed by atoms with Crippen molar-refractivity contribution >= 4 is 23.8 Å². The molecule has 0 aromatic heterocycles. The fourth-order valence-electron chi connectivity index (χ4n) is 2.84. The van der Waals surface area contributed by atoms with Gasteiger partial charge in [-0.3, -0.25) is 4.79 Å². The van der Waals surface area contributed by atoms with Gasteiger partial charge in [0.2, 0.25) is 0 Å². The number of urea groups is 1. The zero-order chi connectivity index (χ0) is 14.5. The second-order valence-corrected chi connectivity index (χ2v) is 6.76. The highest BCUT2D eigenvalue weighted by Crippen LogP contribution is 2.29. The number of amides is 2. The van der Waals surface area contributed by atoms with Crippen molar-refractivity contribution < 1.29 is 14.7 Å². The first-order chi connectivity index (χ1) is 9.61. The third-order valence-corrected chi connectivity index (χ3v) is 5.30. The van der Waals surface area contributed by atoms with Gasteiger partial charge in [0.05, 0.1) is 6.42 Å². The number of thioether (sulfide) groups is 1. The van der Waals surface area contributed by atoms with E-state index in [-0.39, 0.29) is 24.5 Å². The SMILES string of the molecule is CSC1CCCCC1NC(=O)N(CCC(=O)O)C1CC1. The van der Waals surface area contributed by atoms with Crippen molar-refractivity contribution in [1.29, 1.82) is 0 Å². The van der Waals surface area contributed by atoms with Crippen LogP contribution in [0.5, 0.6) is 0 Å². The summed E-state index contributed by atoms with van der Waals surface area (Å²) in [7, 11) is 0. The van der Waals surface area contributed by atoms with Crippen molar-refractivity contribution in [2.75, 3.05) is 12.8 Å². The number of aliphatic carboxylic acids is 1. The van der Waals surface area contributed by atoms with Crippen molar-refractivity contribution in [3.63, 3.8) is 0 Å². The van der Waals surface area contributed by atoms with Gasteiger partial charge in [-0.25, -0.2) is 4.79 Å². The summed E-state index contributed by atoms with van der Waals surface area (Å²) in [6, 6.07) is 0.419. The van der Waals surface area contributed by atoms with Gasteiger partial charge in [-0.05, 0) is 31.9 Å². The molecule has 6 heteroatoms. The maximum absolute atomic E-state index is 12.4. The Morgan fingerprint density at radius 1 is 1.25 bits per heavy atom. The molecule has 0 spiro atoms. The Labute approximate surface area is 124 Å². The number of hydrogen-bond donors (Lipinski definition) is 2. The van der Waals surface area contributed by atoms with Crippen LogP contribution in [0.1, 0.15) is 44.9 Å². The van der Waals surface area contributed by atoms with E-state index < -0.39 is 5.97 Å². The largest absolute Gasteiger partial charge is 0.481 e. The topological polar surface area (TPSA) is 69.6 Å². The maximum atomic E-state index is 12.4. The standard InChI is InChI=1S/C14H24N2O3S/c1-20-12-5-3-2-4-11(12)15-14(19)16(10-6-7-10)9-8-13(17)18/h10-12H,2-9H2,1H3,(H,15,19)(H,17,18). The third-order valence-electron chi connectivity index (χ3n) is 4.13. The molecule has 0 aromatic rings. The van der Waals surface area contributed by atoms with E-state index in [1.54, 1.807) is 4.90 Å². The van der Waals surface area contributed by atoms with Crippen molar-refractivity contribution in [3.8, 4) is 0 Å². The summed E-state index contributed by atoms with van der Waals surface area (Å²) < 4.78 is 0. The minimum Gasteiger partial charge on any atom is -0.481 e. The molecule has 2 saturated carbocycles. The van der Waals surface area contributed by atoms with Crippen LogP contribution in [-0.4, -0.2) is 52.1 Å². The smallest absolute Gasteiger partial charge is 0.317 e. The van der Waals surface area contributed by atoms with Crippen molar-refractivity contribution in [3.05, 3.63) is 0 Å². The number of carboxylic acid groups (broad SMARTS) is 1. The maximum Gasteiger partial charge on any atom is 0.317 e. The fourth-order valence-corrected chi connectivity index (χ4v) is 3.77. The predicted octanol–water partition coefficient (Wildman–Crippen LogP) is 2.31. The molecular weight excluding hydrogens is 276 g/mol. The number of carbonyl (C=O) groups is 2. The molecule has 0 aromatic carbocycles. The van der Waals surface area contributed by atoms with Gasteiger partial charge in [0, 0.05) is 23.9 Å². The Morgan fingerprint density at radius 2 is 1.95 bits per heavy atom. The summed E-state index contributed by atoms with van der Waals surface area (Å²) in [6.45, 7) is 0.322. The van der Waals surface area contributed by atoms with Crippen LogP contribution in [0, 0.1) is 0 Å². The molecule has 20 heavy (non-hydrogen) atoms. The van der Waals surface area contributed by atoms with Crippen LogP contribution in [0.25, 0.3) is 0 Å². The molecule has 2 atom stereocenters. The minimum absolute atomic E-state index is 0.0283. The Hall–Kier alpha value is -0.910.